The Morgan fingerprint density at radius 3 is 2.95 bits per heavy atom. The van der Waals surface area contributed by atoms with Crippen LogP contribution in [-0.2, 0) is 6.54 Å². The zero-order valence-electron chi connectivity index (χ0n) is 11.9. The van der Waals surface area contributed by atoms with Crippen LogP contribution in [0.3, 0.4) is 0 Å². The Morgan fingerprint density at radius 2 is 2.25 bits per heavy atom. The maximum absolute atomic E-state index is 12.2. The van der Waals surface area contributed by atoms with Crippen LogP contribution in [0, 0.1) is 6.92 Å². The highest BCUT2D eigenvalue weighted by Gasteiger charge is 2.10. The van der Waals surface area contributed by atoms with Crippen molar-refractivity contribution in [3.05, 3.63) is 48.0 Å². The molecule has 0 aliphatic heterocycles. The van der Waals surface area contributed by atoms with E-state index in [9.17, 15) is 4.79 Å². The molecule has 5 heteroatoms. The first-order valence-corrected chi connectivity index (χ1v) is 6.73. The molecule has 0 aliphatic carbocycles. The smallest absolute Gasteiger partial charge is 0.253 e. The van der Waals surface area contributed by atoms with Crippen LogP contribution >= 0.6 is 0 Å². The number of carbonyl (C=O) groups is 1. The van der Waals surface area contributed by atoms with E-state index in [1.165, 1.54) is 0 Å². The van der Waals surface area contributed by atoms with Crippen LogP contribution in [0.4, 0.5) is 5.69 Å². The number of amides is 1. The molecule has 0 radical (unpaired) electrons. The van der Waals surface area contributed by atoms with Gasteiger partial charge in [0.05, 0.1) is 11.9 Å². The number of nitrogens with one attached hydrogen (secondary N) is 2. The van der Waals surface area contributed by atoms with Gasteiger partial charge in [0.25, 0.3) is 5.91 Å². The monoisotopic (exact) mass is 272 g/mol. The van der Waals surface area contributed by atoms with Crippen molar-refractivity contribution < 1.29 is 4.79 Å². The quantitative estimate of drug-likeness (QED) is 0.791. The molecule has 5 nitrogen and oxygen atoms in total. The SMILES string of the molecule is CNc1ccc(C)cc1C(=O)NCCCn1ccnc1. The summed E-state index contributed by atoms with van der Waals surface area (Å²) in [5.74, 6) is -0.0383. The van der Waals surface area contributed by atoms with Crippen molar-refractivity contribution in [2.75, 3.05) is 18.9 Å². The summed E-state index contributed by atoms with van der Waals surface area (Å²) in [4.78, 5) is 16.2. The zero-order valence-corrected chi connectivity index (χ0v) is 11.9. The number of nitrogens with zero attached hydrogens (tertiary/aromatic N) is 2. The van der Waals surface area contributed by atoms with Crippen molar-refractivity contribution in [1.29, 1.82) is 0 Å². The first-order valence-electron chi connectivity index (χ1n) is 6.73. The van der Waals surface area contributed by atoms with E-state index in [-0.39, 0.29) is 5.91 Å². The summed E-state index contributed by atoms with van der Waals surface area (Å²) in [6.07, 6.45) is 6.33. The van der Waals surface area contributed by atoms with Gasteiger partial charge >= 0.3 is 0 Å². The maximum atomic E-state index is 12.2. The number of benzene rings is 1. The second-order valence-corrected chi connectivity index (χ2v) is 4.71. The summed E-state index contributed by atoms with van der Waals surface area (Å²) in [6.45, 7) is 3.48. The van der Waals surface area contributed by atoms with Gasteiger partial charge in [-0.25, -0.2) is 4.98 Å². The summed E-state index contributed by atoms with van der Waals surface area (Å²) >= 11 is 0. The van der Waals surface area contributed by atoms with Gasteiger partial charge < -0.3 is 15.2 Å². The Kier molecular flexibility index (Phi) is 4.76. The number of aryl methyl sites for hydroxylation is 2. The predicted molar refractivity (Wildman–Crippen MR) is 79.9 cm³/mol. The average molecular weight is 272 g/mol. The van der Waals surface area contributed by atoms with Gasteiger partial charge in [0.15, 0.2) is 0 Å². The molecular weight excluding hydrogens is 252 g/mol. The molecule has 0 fully saturated rings. The Balaban J connectivity index is 1.87. The lowest BCUT2D eigenvalue weighted by Crippen LogP contribution is -2.26. The molecule has 20 heavy (non-hydrogen) atoms. The first kappa shape index (κ1) is 14.1. The van der Waals surface area contributed by atoms with E-state index in [1.54, 1.807) is 12.5 Å². The van der Waals surface area contributed by atoms with E-state index >= 15 is 0 Å². The van der Waals surface area contributed by atoms with Crippen LogP contribution in [0.25, 0.3) is 0 Å². The molecule has 0 spiro atoms. The lowest BCUT2D eigenvalue weighted by atomic mass is 10.1. The number of aromatic nitrogens is 2. The Bertz CT molecular complexity index is 563. The van der Waals surface area contributed by atoms with Gasteiger partial charge in [0.2, 0.25) is 0 Å². The molecule has 0 saturated carbocycles. The summed E-state index contributed by atoms with van der Waals surface area (Å²) in [5.41, 5.74) is 2.62. The minimum absolute atomic E-state index is 0.0383. The summed E-state index contributed by atoms with van der Waals surface area (Å²) in [5, 5.41) is 5.99. The van der Waals surface area contributed by atoms with Gasteiger partial charge in [-0.2, -0.15) is 0 Å². The molecule has 2 N–H and O–H groups in total. The minimum atomic E-state index is -0.0383. The van der Waals surface area contributed by atoms with E-state index in [1.807, 2.05) is 42.9 Å². The highest BCUT2D eigenvalue weighted by Crippen LogP contribution is 2.16. The number of hydrogen-bond donors (Lipinski definition) is 2. The van der Waals surface area contributed by atoms with Crippen LogP contribution in [0.15, 0.2) is 36.9 Å². The summed E-state index contributed by atoms with van der Waals surface area (Å²) in [7, 11) is 1.82. The van der Waals surface area contributed by atoms with E-state index in [0.717, 1.165) is 24.2 Å². The van der Waals surface area contributed by atoms with E-state index in [4.69, 9.17) is 0 Å². The molecule has 0 bridgehead atoms. The van der Waals surface area contributed by atoms with Crippen LogP contribution in [0.5, 0.6) is 0 Å². The van der Waals surface area contributed by atoms with Crippen molar-refractivity contribution in [3.8, 4) is 0 Å². The van der Waals surface area contributed by atoms with Gasteiger partial charge in [0.1, 0.15) is 0 Å². The molecule has 1 aromatic heterocycles. The molecule has 106 valence electrons. The fraction of sp³-hybridized carbons (Fsp3) is 0.333. The van der Waals surface area contributed by atoms with Crippen molar-refractivity contribution in [1.82, 2.24) is 14.9 Å². The average Bonchev–Trinajstić information content (AvgIpc) is 2.96. The standard InChI is InChI=1S/C15H20N4O/c1-12-4-5-14(16-2)13(10-12)15(20)18-6-3-8-19-9-7-17-11-19/h4-5,7,9-11,16H,3,6,8H2,1-2H3,(H,18,20). The van der Waals surface area contributed by atoms with Gasteiger partial charge in [0, 0.05) is 38.2 Å². The summed E-state index contributed by atoms with van der Waals surface area (Å²) < 4.78 is 2.00. The predicted octanol–water partition coefficient (Wildman–Crippen LogP) is 2.05. The Hall–Kier alpha value is -2.30. The molecule has 2 aromatic rings. The van der Waals surface area contributed by atoms with E-state index in [2.05, 4.69) is 15.6 Å². The normalized spacial score (nSPS) is 10.3. The van der Waals surface area contributed by atoms with Crippen molar-refractivity contribution in [3.63, 3.8) is 0 Å². The van der Waals surface area contributed by atoms with Crippen LogP contribution in [0.1, 0.15) is 22.3 Å². The number of carbonyl (C=O) groups excluding carboxylic acids is 1. The molecule has 2 rings (SSSR count). The topological polar surface area (TPSA) is 59.0 Å². The number of hydrogen-bond acceptors (Lipinski definition) is 3. The van der Waals surface area contributed by atoms with E-state index in [0.29, 0.717) is 12.1 Å². The number of rotatable bonds is 6. The number of anilines is 1. The first-order chi connectivity index (χ1) is 9.70. The molecular formula is C15H20N4O. The second-order valence-electron chi connectivity index (χ2n) is 4.71. The van der Waals surface area contributed by atoms with E-state index < -0.39 is 0 Å². The zero-order chi connectivity index (χ0) is 14.4. The Labute approximate surface area is 119 Å². The molecule has 0 unspecified atom stereocenters. The van der Waals surface area contributed by atoms with Crippen LogP contribution < -0.4 is 10.6 Å². The molecule has 0 saturated heterocycles. The lowest BCUT2D eigenvalue weighted by Gasteiger charge is -2.11. The van der Waals surface area contributed by atoms with Gasteiger partial charge in [-0.3, -0.25) is 4.79 Å². The van der Waals surface area contributed by atoms with Crippen molar-refractivity contribution >= 4 is 11.6 Å². The van der Waals surface area contributed by atoms with Gasteiger partial charge in [-0.1, -0.05) is 11.6 Å². The van der Waals surface area contributed by atoms with Crippen molar-refractivity contribution in [2.24, 2.45) is 0 Å². The highest BCUT2D eigenvalue weighted by atomic mass is 16.1. The molecule has 0 atom stereocenters. The third-order valence-electron chi connectivity index (χ3n) is 3.13. The number of imidazole rings is 1. The van der Waals surface area contributed by atoms with Gasteiger partial charge in [-0.15, -0.1) is 0 Å². The second kappa shape index (κ2) is 6.75. The molecule has 0 aliphatic rings. The molecule has 1 heterocycles. The Morgan fingerprint density at radius 1 is 1.40 bits per heavy atom. The minimum Gasteiger partial charge on any atom is -0.387 e. The fourth-order valence-corrected chi connectivity index (χ4v) is 2.04. The molecule has 1 amide bonds. The highest BCUT2D eigenvalue weighted by molar-refractivity contribution is 5.99. The van der Waals surface area contributed by atoms with Crippen molar-refractivity contribution in [2.45, 2.75) is 19.9 Å². The lowest BCUT2D eigenvalue weighted by molar-refractivity contribution is 0.0953. The summed E-state index contributed by atoms with van der Waals surface area (Å²) in [6, 6.07) is 5.81. The van der Waals surface area contributed by atoms with Gasteiger partial charge in [-0.05, 0) is 25.5 Å². The molecule has 1 aromatic carbocycles. The third-order valence-corrected chi connectivity index (χ3v) is 3.13. The van der Waals surface area contributed by atoms with Crippen LogP contribution in [-0.4, -0.2) is 29.1 Å². The largest absolute Gasteiger partial charge is 0.387 e. The third kappa shape index (κ3) is 3.60. The fourth-order valence-electron chi connectivity index (χ4n) is 2.04. The van der Waals surface area contributed by atoms with Crippen LogP contribution in [0.2, 0.25) is 0 Å². The maximum Gasteiger partial charge on any atom is 0.253 e.